The van der Waals surface area contributed by atoms with E-state index in [2.05, 4.69) is 0 Å². The van der Waals surface area contributed by atoms with Gasteiger partial charge >= 0.3 is 0 Å². The number of hydrogen-bond acceptors (Lipinski definition) is 2. The lowest BCUT2D eigenvalue weighted by atomic mass is 10.2. The van der Waals surface area contributed by atoms with Gasteiger partial charge < -0.3 is 4.90 Å². The lowest BCUT2D eigenvalue weighted by molar-refractivity contribution is -0.129. The SMILES string of the molecule is CC(=O)N(Cc1ccc(Cl)cc1)CC(Cl)CC#N. The minimum absolute atomic E-state index is 0.0615. The number of carbonyl (C=O) groups is 1. The highest BCUT2D eigenvalue weighted by molar-refractivity contribution is 6.30. The number of rotatable bonds is 5. The molecule has 0 N–H and O–H groups in total. The Hall–Kier alpha value is -1.24. The molecule has 0 saturated carbocycles. The predicted octanol–water partition coefficient (Wildman–Crippen LogP) is 3.21. The zero-order valence-electron chi connectivity index (χ0n) is 10.1. The lowest BCUT2D eigenvalue weighted by Crippen LogP contribution is -2.33. The van der Waals surface area contributed by atoms with Crippen LogP contribution in [0.25, 0.3) is 0 Å². The molecule has 18 heavy (non-hydrogen) atoms. The predicted molar refractivity (Wildman–Crippen MR) is 72.4 cm³/mol. The van der Waals surface area contributed by atoms with Gasteiger partial charge in [0.1, 0.15) is 0 Å². The quantitative estimate of drug-likeness (QED) is 0.780. The number of alkyl halides is 1. The number of carbonyl (C=O) groups excluding carboxylic acids is 1. The van der Waals surface area contributed by atoms with E-state index >= 15 is 0 Å². The van der Waals surface area contributed by atoms with Crippen LogP contribution in [0.5, 0.6) is 0 Å². The minimum atomic E-state index is -0.341. The number of benzene rings is 1. The maximum atomic E-state index is 11.5. The molecule has 0 fully saturated rings. The normalized spacial score (nSPS) is 11.7. The Morgan fingerprint density at radius 2 is 2.06 bits per heavy atom. The van der Waals surface area contributed by atoms with E-state index in [1.165, 1.54) is 6.92 Å². The van der Waals surface area contributed by atoms with Crippen LogP contribution in [0.1, 0.15) is 18.9 Å². The Balaban J connectivity index is 2.66. The molecule has 0 spiro atoms. The number of nitrogens with zero attached hydrogens (tertiary/aromatic N) is 2. The molecule has 0 saturated heterocycles. The first-order valence-electron chi connectivity index (χ1n) is 5.54. The third kappa shape index (κ3) is 4.95. The molecule has 1 atom stereocenters. The molecule has 0 aliphatic rings. The molecule has 0 heterocycles. The number of nitriles is 1. The van der Waals surface area contributed by atoms with E-state index in [0.717, 1.165) is 5.56 Å². The monoisotopic (exact) mass is 284 g/mol. The summed E-state index contributed by atoms with van der Waals surface area (Å²) < 4.78 is 0. The second-order valence-electron chi connectivity index (χ2n) is 3.99. The van der Waals surface area contributed by atoms with Crippen LogP contribution in [-0.4, -0.2) is 22.7 Å². The summed E-state index contributed by atoms with van der Waals surface area (Å²) in [5, 5.41) is 8.87. The zero-order chi connectivity index (χ0) is 13.5. The molecule has 0 bridgehead atoms. The van der Waals surface area contributed by atoms with Gasteiger partial charge in [0.15, 0.2) is 0 Å². The first-order chi connectivity index (χ1) is 8.52. The summed E-state index contributed by atoms with van der Waals surface area (Å²) >= 11 is 11.8. The van der Waals surface area contributed by atoms with Crippen molar-refractivity contribution >= 4 is 29.1 Å². The zero-order valence-corrected chi connectivity index (χ0v) is 11.6. The average molecular weight is 285 g/mol. The molecule has 1 aromatic rings. The summed E-state index contributed by atoms with van der Waals surface area (Å²) in [5.74, 6) is -0.0615. The molecule has 0 aliphatic carbocycles. The van der Waals surface area contributed by atoms with Crippen molar-refractivity contribution in [1.82, 2.24) is 4.90 Å². The largest absolute Gasteiger partial charge is 0.337 e. The molecule has 3 nitrogen and oxygen atoms in total. The molecular formula is C13H14Cl2N2O. The van der Waals surface area contributed by atoms with Crippen LogP contribution in [-0.2, 0) is 11.3 Å². The molecule has 0 aromatic heterocycles. The van der Waals surface area contributed by atoms with Crippen molar-refractivity contribution in [2.45, 2.75) is 25.3 Å². The molecule has 0 aliphatic heterocycles. The Bertz CT molecular complexity index is 439. The van der Waals surface area contributed by atoms with Gasteiger partial charge in [-0.2, -0.15) is 5.26 Å². The summed E-state index contributed by atoms with van der Waals surface area (Å²) in [6.45, 7) is 2.33. The van der Waals surface area contributed by atoms with Gasteiger partial charge in [0, 0.05) is 25.0 Å². The van der Waals surface area contributed by atoms with E-state index in [4.69, 9.17) is 28.5 Å². The lowest BCUT2D eigenvalue weighted by Gasteiger charge is -2.23. The van der Waals surface area contributed by atoms with Crippen molar-refractivity contribution in [3.05, 3.63) is 34.9 Å². The molecular weight excluding hydrogens is 271 g/mol. The van der Waals surface area contributed by atoms with Gasteiger partial charge in [-0.25, -0.2) is 0 Å². The molecule has 96 valence electrons. The Morgan fingerprint density at radius 3 is 2.56 bits per heavy atom. The van der Waals surface area contributed by atoms with Gasteiger partial charge in [0.25, 0.3) is 0 Å². The van der Waals surface area contributed by atoms with Crippen molar-refractivity contribution in [2.24, 2.45) is 0 Å². The highest BCUT2D eigenvalue weighted by Crippen LogP contribution is 2.13. The third-order valence-electron chi connectivity index (χ3n) is 2.46. The van der Waals surface area contributed by atoms with Crippen molar-refractivity contribution in [2.75, 3.05) is 6.54 Å². The summed E-state index contributed by atoms with van der Waals surface area (Å²) in [6, 6.07) is 9.29. The van der Waals surface area contributed by atoms with Crippen molar-refractivity contribution in [1.29, 1.82) is 5.26 Å². The molecule has 1 rings (SSSR count). The third-order valence-corrected chi connectivity index (χ3v) is 3.01. The molecule has 1 amide bonds. The summed E-state index contributed by atoms with van der Waals surface area (Å²) in [6.07, 6.45) is 0.228. The Kier molecular flexibility index (Phi) is 5.97. The smallest absolute Gasteiger partial charge is 0.219 e. The van der Waals surface area contributed by atoms with E-state index in [9.17, 15) is 4.79 Å². The van der Waals surface area contributed by atoms with Crippen LogP contribution in [0.4, 0.5) is 0 Å². The molecule has 5 heteroatoms. The second-order valence-corrected chi connectivity index (χ2v) is 5.04. The summed E-state index contributed by atoms with van der Waals surface area (Å²) in [5.41, 5.74) is 0.982. The van der Waals surface area contributed by atoms with Crippen LogP contribution in [0.2, 0.25) is 5.02 Å². The van der Waals surface area contributed by atoms with E-state index in [0.29, 0.717) is 18.1 Å². The highest BCUT2D eigenvalue weighted by Gasteiger charge is 2.14. The number of amides is 1. The van der Waals surface area contributed by atoms with E-state index in [-0.39, 0.29) is 17.7 Å². The van der Waals surface area contributed by atoms with Crippen molar-refractivity contribution < 1.29 is 4.79 Å². The maximum Gasteiger partial charge on any atom is 0.219 e. The van der Waals surface area contributed by atoms with Gasteiger partial charge in [0.2, 0.25) is 5.91 Å². The highest BCUT2D eigenvalue weighted by atomic mass is 35.5. The first kappa shape index (κ1) is 14.8. The van der Waals surface area contributed by atoms with Crippen LogP contribution < -0.4 is 0 Å². The number of hydrogen-bond donors (Lipinski definition) is 0. The number of halogens is 2. The fourth-order valence-electron chi connectivity index (χ4n) is 1.52. The van der Waals surface area contributed by atoms with Crippen molar-refractivity contribution in [3.63, 3.8) is 0 Å². The molecule has 0 radical (unpaired) electrons. The van der Waals surface area contributed by atoms with E-state index in [1.54, 1.807) is 17.0 Å². The van der Waals surface area contributed by atoms with E-state index in [1.807, 2.05) is 18.2 Å². The van der Waals surface area contributed by atoms with Gasteiger partial charge in [-0.1, -0.05) is 23.7 Å². The van der Waals surface area contributed by atoms with Crippen LogP contribution in [0, 0.1) is 11.3 Å². The minimum Gasteiger partial charge on any atom is -0.337 e. The van der Waals surface area contributed by atoms with Crippen LogP contribution in [0.3, 0.4) is 0 Å². The van der Waals surface area contributed by atoms with E-state index < -0.39 is 0 Å². The Labute approximate surface area is 117 Å². The van der Waals surface area contributed by atoms with Crippen LogP contribution >= 0.6 is 23.2 Å². The fraction of sp³-hybridized carbons (Fsp3) is 0.385. The Morgan fingerprint density at radius 1 is 1.44 bits per heavy atom. The standard InChI is InChI=1S/C13H14Cl2N2O/c1-10(18)17(9-13(15)6-7-16)8-11-2-4-12(14)5-3-11/h2-5,13H,6,8-9H2,1H3. The van der Waals surface area contributed by atoms with Gasteiger partial charge in [0.05, 0.1) is 17.9 Å². The van der Waals surface area contributed by atoms with Crippen LogP contribution in [0.15, 0.2) is 24.3 Å². The second kappa shape index (κ2) is 7.25. The maximum absolute atomic E-state index is 11.5. The topological polar surface area (TPSA) is 44.1 Å². The fourth-order valence-corrected chi connectivity index (χ4v) is 1.88. The first-order valence-corrected chi connectivity index (χ1v) is 6.35. The summed E-state index contributed by atoms with van der Waals surface area (Å²) in [7, 11) is 0. The van der Waals surface area contributed by atoms with Crippen molar-refractivity contribution in [3.8, 4) is 6.07 Å². The van der Waals surface area contributed by atoms with Gasteiger partial charge in [-0.3, -0.25) is 4.79 Å². The summed E-state index contributed by atoms with van der Waals surface area (Å²) in [4.78, 5) is 13.1. The van der Waals surface area contributed by atoms with Gasteiger partial charge in [-0.15, -0.1) is 11.6 Å². The molecule has 1 unspecified atom stereocenters. The van der Waals surface area contributed by atoms with Gasteiger partial charge in [-0.05, 0) is 17.7 Å². The average Bonchev–Trinajstić information content (AvgIpc) is 2.31. The molecule has 1 aromatic carbocycles.